The van der Waals surface area contributed by atoms with Gasteiger partial charge in [-0.1, -0.05) is 0 Å². The van der Waals surface area contributed by atoms with Crippen LogP contribution in [0, 0.1) is 0 Å². The van der Waals surface area contributed by atoms with Crippen LogP contribution in [0.1, 0.15) is 10.5 Å². The summed E-state index contributed by atoms with van der Waals surface area (Å²) in [6, 6.07) is 3.55. The number of aromatic amines is 1. The third kappa shape index (κ3) is 1.71. The second-order valence-electron chi connectivity index (χ2n) is 2.86. The average molecular weight is 203 g/mol. The number of H-pyrrole nitrogens is 1. The molecule has 0 aliphatic carbocycles. The second-order valence-corrected chi connectivity index (χ2v) is 2.86. The van der Waals surface area contributed by atoms with E-state index in [1.165, 1.54) is 6.20 Å². The molecule has 2 rings (SSSR count). The Morgan fingerprint density at radius 2 is 2.33 bits per heavy atom. The highest BCUT2D eigenvalue weighted by Crippen LogP contribution is 2.23. The van der Waals surface area contributed by atoms with Crippen LogP contribution < -0.4 is 4.74 Å². The Hall–Kier alpha value is -2.17. The zero-order valence-electron chi connectivity index (χ0n) is 8.10. The molecule has 2 heterocycles. The van der Waals surface area contributed by atoms with Crippen molar-refractivity contribution in [1.29, 1.82) is 0 Å². The molecule has 1 N–H and O–H groups in total. The number of rotatable bonds is 3. The molecule has 0 fully saturated rings. The molecular formula is C10H9N3O2. The first-order valence-electron chi connectivity index (χ1n) is 4.34. The number of carbonyl (C=O) groups excluding carboxylic acids is 1. The molecule has 0 aromatic carbocycles. The predicted octanol–water partition coefficient (Wildman–Crippen LogP) is 1.29. The highest BCUT2D eigenvalue weighted by molar-refractivity contribution is 5.73. The summed E-state index contributed by atoms with van der Waals surface area (Å²) in [4.78, 5) is 21.5. The second kappa shape index (κ2) is 3.91. The van der Waals surface area contributed by atoms with Gasteiger partial charge in [-0.25, -0.2) is 9.97 Å². The van der Waals surface area contributed by atoms with Crippen molar-refractivity contribution in [2.45, 2.75) is 0 Å². The van der Waals surface area contributed by atoms with Crippen molar-refractivity contribution < 1.29 is 9.53 Å². The number of aldehydes is 1. The number of hydrogen-bond donors (Lipinski definition) is 1. The number of ether oxygens (including phenoxy) is 1. The monoisotopic (exact) mass is 203 g/mol. The van der Waals surface area contributed by atoms with Crippen molar-refractivity contribution in [2.75, 3.05) is 7.11 Å². The van der Waals surface area contributed by atoms with Crippen molar-refractivity contribution in [3.8, 4) is 17.3 Å². The highest BCUT2D eigenvalue weighted by atomic mass is 16.5. The van der Waals surface area contributed by atoms with E-state index in [9.17, 15) is 4.79 Å². The summed E-state index contributed by atoms with van der Waals surface area (Å²) >= 11 is 0. The molecule has 76 valence electrons. The summed E-state index contributed by atoms with van der Waals surface area (Å²) in [5.74, 6) is 1.14. The largest absolute Gasteiger partial charge is 0.494 e. The molecule has 15 heavy (non-hydrogen) atoms. The summed E-state index contributed by atoms with van der Waals surface area (Å²) in [5, 5.41) is 0. The van der Waals surface area contributed by atoms with Crippen LogP contribution in [0.15, 0.2) is 24.5 Å². The lowest BCUT2D eigenvalue weighted by Gasteiger charge is -2.03. The molecule has 0 bridgehead atoms. The fourth-order valence-electron chi connectivity index (χ4n) is 1.25. The van der Waals surface area contributed by atoms with Crippen LogP contribution in [-0.2, 0) is 0 Å². The lowest BCUT2D eigenvalue weighted by atomic mass is 10.3. The number of methoxy groups -OCH3 is 1. The molecule has 2 aromatic rings. The molecule has 0 radical (unpaired) electrons. The number of imidazole rings is 1. The van der Waals surface area contributed by atoms with Gasteiger partial charge in [0, 0.05) is 6.20 Å². The average Bonchev–Trinajstić information content (AvgIpc) is 2.77. The van der Waals surface area contributed by atoms with Crippen molar-refractivity contribution in [3.05, 3.63) is 30.2 Å². The number of carbonyl (C=O) groups is 1. The highest BCUT2D eigenvalue weighted by Gasteiger charge is 2.09. The maximum atomic E-state index is 10.5. The summed E-state index contributed by atoms with van der Waals surface area (Å²) < 4.78 is 5.13. The normalized spacial score (nSPS) is 9.93. The van der Waals surface area contributed by atoms with Crippen LogP contribution in [-0.4, -0.2) is 28.3 Å². The van der Waals surface area contributed by atoms with Crippen LogP contribution in [0.5, 0.6) is 5.75 Å². The van der Waals surface area contributed by atoms with Gasteiger partial charge < -0.3 is 9.72 Å². The Kier molecular flexibility index (Phi) is 2.45. The zero-order valence-corrected chi connectivity index (χ0v) is 8.10. The van der Waals surface area contributed by atoms with Crippen molar-refractivity contribution in [1.82, 2.24) is 15.0 Å². The van der Waals surface area contributed by atoms with E-state index in [2.05, 4.69) is 15.0 Å². The molecule has 0 amide bonds. The smallest absolute Gasteiger partial charge is 0.167 e. The molecule has 0 atom stereocenters. The minimum Gasteiger partial charge on any atom is -0.494 e. The number of nitrogens with one attached hydrogen (secondary N) is 1. The van der Waals surface area contributed by atoms with Crippen LogP contribution in [0.3, 0.4) is 0 Å². The van der Waals surface area contributed by atoms with E-state index in [-0.39, 0.29) is 0 Å². The number of pyridine rings is 1. The maximum absolute atomic E-state index is 10.5. The van der Waals surface area contributed by atoms with Crippen LogP contribution in [0.25, 0.3) is 11.5 Å². The Labute approximate surface area is 86.1 Å². The molecular weight excluding hydrogens is 194 g/mol. The van der Waals surface area contributed by atoms with Gasteiger partial charge in [0.25, 0.3) is 0 Å². The molecule has 0 saturated heterocycles. The van der Waals surface area contributed by atoms with E-state index >= 15 is 0 Å². The van der Waals surface area contributed by atoms with Gasteiger partial charge in [0.15, 0.2) is 12.1 Å². The lowest BCUT2D eigenvalue weighted by Crippen LogP contribution is -1.92. The van der Waals surface area contributed by atoms with Gasteiger partial charge in [0.1, 0.15) is 11.4 Å². The fourth-order valence-corrected chi connectivity index (χ4v) is 1.25. The van der Waals surface area contributed by atoms with Crippen LogP contribution >= 0.6 is 0 Å². The van der Waals surface area contributed by atoms with E-state index in [0.717, 1.165) is 0 Å². The Morgan fingerprint density at radius 3 is 3.00 bits per heavy atom. The molecule has 5 heteroatoms. The van der Waals surface area contributed by atoms with E-state index in [1.807, 2.05) is 0 Å². The number of aromatic nitrogens is 3. The quantitative estimate of drug-likeness (QED) is 0.763. The van der Waals surface area contributed by atoms with E-state index < -0.39 is 0 Å². The van der Waals surface area contributed by atoms with E-state index in [4.69, 9.17) is 4.74 Å². The van der Waals surface area contributed by atoms with Crippen molar-refractivity contribution in [3.63, 3.8) is 0 Å². The lowest BCUT2D eigenvalue weighted by molar-refractivity contribution is 0.111. The van der Waals surface area contributed by atoms with Crippen molar-refractivity contribution in [2.24, 2.45) is 0 Å². The van der Waals surface area contributed by atoms with Crippen LogP contribution in [0.4, 0.5) is 0 Å². The van der Waals surface area contributed by atoms with Gasteiger partial charge in [-0.15, -0.1) is 0 Å². The molecule has 0 saturated carbocycles. The molecule has 0 unspecified atom stereocenters. The topological polar surface area (TPSA) is 67.9 Å². The third-order valence-corrected chi connectivity index (χ3v) is 1.94. The minimum atomic E-state index is 0.415. The van der Waals surface area contributed by atoms with Gasteiger partial charge in [-0.3, -0.25) is 4.79 Å². The maximum Gasteiger partial charge on any atom is 0.167 e. The Morgan fingerprint density at radius 1 is 1.47 bits per heavy atom. The predicted molar refractivity (Wildman–Crippen MR) is 53.8 cm³/mol. The Bertz CT molecular complexity index is 479. The van der Waals surface area contributed by atoms with Gasteiger partial charge in [0.2, 0.25) is 0 Å². The molecule has 0 spiro atoms. The number of nitrogens with zero attached hydrogens (tertiary/aromatic N) is 2. The summed E-state index contributed by atoms with van der Waals surface area (Å²) in [6.45, 7) is 0. The summed E-state index contributed by atoms with van der Waals surface area (Å²) in [6.07, 6.45) is 3.79. The Balaban J connectivity index is 2.48. The summed E-state index contributed by atoms with van der Waals surface area (Å²) in [7, 11) is 1.56. The molecule has 5 nitrogen and oxygen atoms in total. The van der Waals surface area contributed by atoms with Crippen molar-refractivity contribution >= 4 is 6.29 Å². The van der Waals surface area contributed by atoms with Gasteiger partial charge in [-0.05, 0) is 12.1 Å². The van der Waals surface area contributed by atoms with E-state index in [0.29, 0.717) is 29.2 Å². The first-order chi connectivity index (χ1) is 7.35. The van der Waals surface area contributed by atoms with Gasteiger partial charge in [0.05, 0.1) is 19.0 Å². The molecule has 0 aliphatic heterocycles. The first-order valence-corrected chi connectivity index (χ1v) is 4.34. The minimum absolute atomic E-state index is 0.415. The fraction of sp³-hybridized carbons (Fsp3) is 0.100. The third-order valence-electron chi connectivity index (χ3n) is 1.94. The van der Waals surface area contributed by atoms with Gasteiger partial charge in [-0.2, -0.15) is 0 Å². The number of hydrogen-bond acceptors (Lipinski definition) is 4. The SMILES string of the molecule is COc1cccnc1-c1ncc(C=O)[nH]1. The molecule has 2 aromatic heterocycles. The van der Waals surface area contributed by atoms with E-state index in [1.54, 1.807) is 25.4 Å². The summed E-state index contributed by atoms with van der Waals surface area (Å²) in [5.41, 5.74) is 1.01. The van der Waals surface area contributed by atoms with Gasteiger partial charge >= 0.3 is 0 Å². The zero-order chi connectivity index (χ0) is 10.7. The molecule has 0 aliphatic rings. The van der Waals surface area contributed by atoms with Crippen LogP contribution in [0.2, 0.25) is 0 Å². The standard InChI is InChI=1S/C10H9N3O2/c1-15-8-3-2-4-11-9(8)10-12-5-7(6-14)13-10/h2-6H,1H3,(H,12,13). The first kappa shape index (κ1) is 9.39.